The highest BCUT2D eigenvalue weighted by Crippen LogP contribution is 2.40. The molecule has 1 aromatic carbocycles. The van der Waals surface area contributed by atoms with Gasteiger partial charge < -0.3 is 14.5 Å². The van der Waals surface area contributed by atoms with Gasteiger partial charge in [0.05, 0.1) is 18.4 Å². The first-order chi connectivity index (χ1) is 11.9. The van der Waals surface area contributed by atoms with Crippen LogP contribution in [0, 0.1) is 11.2 Å². The van der Waals surface area contributed by atoms with Crippen LogP contribution in [0.2, 0.25) is 5.02 Å². The lowest BCUT2D eigenvalue weighted by Gasteiger charge is -2.23. The van der Waals surface area contributed by atoms with Crippen LogP contribution in [0.3, 0.4) is 0 Å². The van der Waals surface area contributed by atoms with Crippen LogP contribution in [0.25, 0.3) is 0 Å². The predicted molar refractivity (Wildman–Crippen MR) is 91.8 cm³/mol. The lowest BCUT2D eigenvalue weighted by Crippen LogP contribution is -2.39. The van der Waals surface area contributed by atoms with Gasteiger partial charge in [0.1, 0.15) is 5.82 Å². The Morgan fingerprint density at radius 3 is 2.80 bits per heavy atom. The van der Waals surface area contributed by atoms with Crippen molar-refractivity contribution in [2.75, 3.05) is 39.9 Å². The summed E-state index contributed by atoms with van der Waals surface area (Å²) >= 11 is 5.84. The maximum atomic E-state index is 13.4. The molecule has 7 heteroatoms. The third-order valence-electron chi connectivity index (χ3n) is 5.15. The van der Waals surface area contributed by atoms with E-state index < -0.39 is 11.2 Å². The van der Waals surface area contributed by atoms with Crippen LogP contribution in [-0.4, -0.2) is 61.5 Å². The molecule has 0 saturated carbocycles. The van der Waals surface area contributed by atoms with E-state index in [0.29, 0.717) is 44.8 Å². The molecular weight excluding hydrogens is 347 g/mol. The first-order valence-electron chi connectivity index (χ1n) is 8.45. The van der Waals surface area contributed by atoms with Crippen LogP contribution in [0.5, 0.6) is 0 Å². The lowest BCUT2D eigenvalue weighted by atomic mass is 9.85. The standard InChI is InChI=1S/C18H22ClFN2O3/c1-25-7-6-21-4-2-18(17(21)24)3-5-22(12-18)16(23)10-13-8-14(19)11-15(20)9-13/h8-9,11H,2-7,10,12H2,1H3. The van der Waals surface area contributed by atoms with E-state index in [-0.39, 0.29) is 23.3 Å². The van der Waals surface area contributed by atoms with Crippen LogP contribution in [0.15, 0.2) is 18.2 Å². The molecular formula is C18H22ClFN2O3. The Hall–Kier alpha value is -1.66. The third kappa shape index (κ3) is 3.80. The molecule has 136 valence electrons. The summed E-state index contributed by atoms with van der Waals surface area (Å²) in [5.74, 6) is -0.428. The van der Waals surface area contributed by atoms with E-state index in [1.165, 1.54) is 12.1 Å². The SMILES string of the molecule is COCCN1CCC2(CCN(C(=O)Cc3cc(F)cc(Cl)c3)C2)C1=O. The number of amides is 2. The molecule has 2 fully saturated rings. The van der Waals surface area contributed by atoms with Crippen molar-refractivity contribution in [3.05, 3.63) is 34.6 Å². The zero-order valence-corrected chi connectivity index (χ0v) is 15.0. The number of nitrogens with zero attached hydrogens (tertiary/aromatic N) is 2. The van der Waals surface area contributed by atoms with Gasteiger partial charge in [-0.05, 0) is 36.6 Å². The van der Waals surface area contributed by atoms with Gasteiger partial charge in [-0.3, -0.25) is 9.59 Å². The summed E-state index contributed by atoms with van der Waals surface area (Å²) in [6, 6.07) is 4.14. The summed E-state index contributed by atoms with van der Waals surface area (Å²) in [5.41, 5.74) is 0.0959. The molecule has 3 rings (SSSR count). The molecule has 0 radical (unpaired) electrons. The highest BCUT2D eigenvalue weighted by atomic mass is 35.5. The Kier molecular flexibility index (Phi) is 5.29. The summed E-state index contributed by atoms with van der Waals surface area (Å²) in [4.78, 5) is 28.8. The Balaban J connectivity index is 1.62. The minimum atomic E-state index is -0.455. The zero-order valence-electron chi connectivity index (χ0n) is 14.3. The molecule has 5 nitrogen and oxygen atoms in total. The molecule has 2 heterocycles. The number of rotatable bonds is 5. The van der Waals surface area contributed by atoms with E-state index in [4.69, 9.17) is 16.3 Å². The van der Waals surface area contributed by atoms with Gasteiger partial charge in [-0.1, -0.05) is 11.6 Å². The number of carbonyl (C=O) groups is 2. The van der Waals surface area contributed by atoms with E-state index in [1.807, 2.05) is 4.90 Å². The molecule has 1 unspecified atom stereocenters. The number of carbonyl (C=O) groups excluding carboxylic acids is 2. The second kappa shape index (κ2) is 7.30. The third-order valence-corrected chi connectivity index (χ3v) is 5.37. The van der Waals surface area contributed by atoms with Crippen LogP contribution in [0.4, 0.5) is 4.39 Å². The van der Waals surface area contributed by atoms with E-state index in [0.717, 1.165) is 6.42 Å². The molecule has 1 aromatic rings. The van der Waals surface area contributed by atoms with Crippen molar-refractivity contribution in [3.63, 3.8) is 0 Å². The number of hydrogen-bond donors (Lipinski definition) is 0. The highest BCUT2D eigenvalue weighted by Gasteiger charge is 2.51. The Labute approximate surface area is 151 Å². The van der Waals surface area contributed by atoms with Crippen molar-refractivity contribution in [2.45, 2.75) is 19.3 Å². The molecule has 0 bridgehead atoms. The van der Waals surface area contributed by atoms with Crippen LogP contribution < -0.4 is 0 Å². The largest absolute Gasteiger partial charge is 0.383 e. The molecule has 2 aliphatic heterocycles. The number of hydrogen-bond acceptors (Lipinski definition) is 3. The topological polar surface area (TPSA) is 49.9 Å². The molecule has 0 N–H and O–H groups in total. The average Bonchev–Trinajstić information content (AvgIpc) is 3.11. The van der Waals surface area contributed by atoms with E-state index in [1.54, 1.807) is 18.1 Å². The molecule has 25 heavy (non-hydrogen) atoms. The molecule has 2 aliphatic rings. The van der Waals surface area contributed by atoms with Gasteiger partial charge in [0, 0.05) is 38.3 Å². The normalized spacial score (nSPS) is 23.1. The number of ether oxygens (including phenoxy) is 1. The van der Waals surface area contributed by atoms with Crippen molar-refractivity contribution >= 4 is 23.4 Å². The zero-order chi connectivity index (χ0) is 18.0. The van der Waals surface area contributed by atoms with Gasteiger partial charge >= 0.3 is 0 Å². The van der Waals surface area contributed by atoms with Gasteiger partial charge in [0.15, 0.2) is 0 Å². The summed E-state index contributed by atoms with van der Waals surface area (Å²) in [5, 5.41) is 0.278. The fourth-order valence-corrected chi connectivity index (χ4v) is 4.02. The second-order valence-corrected chi connectivity index (χ2v) is 7.27. The minimum absolute atomic E-state index is 0.0924. The van der Waals surface area contributed by atoms with Crippen LogP contribution in [0.1, 0.15) is 18.4 Å². The summed E-state index contributed by atoms with van der Waals surface area (Å²) in [7, 11) is 1.62. The van der Waals surface area contributed by atoms with Gasteiger partial charge in [-0.15, -0.1) is 0 Å². The fourth-order valence-electron chi connectivity index (χ4n) is 3.77. The van der Waals surface area contributed by atoms with Crippen LogP contribution >= 0.6 is 11.6 Å². The number of halogens is 2. The summed E-state index contributed by atoms with van der Waals surface area (Å²) < 4.78 is 18.5. The smallest absolute Gasteiger partial charge is 0.230 e. The molecule has 2 amide bonds. The number of likely N-dealkylation sites (tertiary alicyclic amines) is 2. The summed E-state index contributed by atoms with van der Waals surface area (Å²) in [6.07, 6.45) is 1.55. The Bertz CT molecular complexity index is 664. The molecule has 0 aliphatic carbocycles. The first-order valence-corrected chi connectivity index (χ1v) is 8.82. The van der Waals surface area contributed by atoms with Gasteiger partial charge in [0.2, 0.25) is 11.8 Å². The molecule has 1 atom stereocenters. The van der Waals surface area contributed by atoms with Crippen LogP contribution in [-0.2, 0) is 20.7 Å². The van der Waals surface area contributed by atoms with Gasteiger partial charge in [0.25, 0.3) is 0 Å². The van der Waals surface area contributed by atoms with E-state index in [2.05, 4.69) is 0 Å². The number of benzene rings is 1. The predicted octanol–water partition coefficient (Wildman–Crippen LogP) is 2.12. The number of methoxy groups -OCH3 is 1. The van der Waals surface area contributed by atoms with Crippen molar-refractivity contribution in [1.29, 1.82) is 0 Å². The summed E-state index contributed by atoms with van der Waals surface area (Å²) in [6.45, 7) is 2.82. The lowest BCUT2D eigenvalue weighted by molar-refractivity contribution is -0.136. The van der Waals surface area contributed by atoms with Gasteiger partial charge in [-0.2, -0.15) is 0 Å². The minimum Gasteiger partial charge on any atom is -0.383 e. The molecule has 0 aromatic heterocycles. The second-order valence-electron chi connectivity index (χ2n) is 6.84. The first kappa shape index (κ1) is 18.1. The maximum absolute atomic E-state index is 13.4. The van der Waals surface area contributed by atoms with E-state index >= 15 is 0 Å². The highest BCUT2D eigenvalue weighted by molar-refractivity contribution is 6.30. The maximum Gasteiger partial charge on any atom is 0.230 e. The van der Waals surface area contributed by atoms with Crippen molar-refractivity contribution in [1.82, 2.24) is 9.80 Å². The van der Waals surface area contributed by atoms with Gasteiger partial charge in [-0.25, -0.2) is 4.39 Å². The average molecular weight is 369 g/mol. The Morgan fingerprint density at radius 2 is 2.08 bits per heavy atom. The molecule has 2 saturated heterocycles. The van der Waals surface area contributed by atoms with Crippen molar-refractivity contribution in [2.24, 2.45) is 5.41 Å². The molecule has 1 spiro atoms. The monoisotopic (exact) mass is 368 g/mol. The quantitative estimate of drug-likeness (QED) is 0.800. The van der Waals surface area contributed by atoms with E-state index in [9.17, 15) is 14.0 Å². The Morgan fingerprint density at radius 1 is 1.32 bits per heavy atom. The van der Waals surface area contributed by atoms with Crippen molar-refractivity contribution < 1.29 is 18.7 Å². The van der Waals surface area contributed by atoms with Crippen molar-refractivity contribution in [3.8, 4) is 0 Å². The fraction of sp³-hybridized carbons (Fsp3) is 0.556.